The number of aromatic nitrogens is 1. The van der Waals surface area contributed by atoms with Gasteiger partial charge in [-0.3, -0.25) is 4.79 Å². The van der Waals surface area contributed by atoms with Crippen LogP contribution >= 0.6 is 22.9 Å². The highest BCUT2D eigenvalue weighted by atomic mass is 35.5. The predicted octanol–water partition coefficient (Wildman–Crippen LogP) is 3.64. The molecule has 23 heavy (non-hydrogen) atoms. The van der Waals surface area contributed by atoms with Gasteiger partial charge >= 0.3 is 0 Å². The Morgan fingerprint density at radius 3 is 3.04 bits per heavy atom. The first kappa shape index (κ1) is 15.9. The zero-order valence-corrected chi connectivity index (χ0v) is 13.7. The van der Waals surface area contributed by atoms with Gasteiger partial charge in [-0.1, -0.05) is 29.8 Å². The average Bonchev–Trinajstić information content (AvgIpc) is 3.23. The van der Waals surface area contributed by atoms with Crippen molar-refractivity contribution in [2.45, 2.75) is 25.0 Å². The molecule has 1 N–H and O–H groups in total. The van der Waals surface area contributed by atoms with E-state index in [0.29, 0.717) is 16.3 Å². The lowest BCUT2D eigenvalue weighted by Gasteiger charge is -2.12. The second kappa shape index (κ2) is 7.09. The molecule has 7 heteroatoms. The van der Waals surface area contributed by atoms with Gasteiger partial charge < -0.3 is 10.1 Å². The number of hydrogen-bond donors (Lipinski definition) is 1. The smallest absolute Gasteiger partial charge is 0.272 e. The van der Waals surface area contributed by atoms with E-state index >= 15 is 0 Å². The number of nitrogens with zero attached hydrogens (tertiary/aromatic N) is 2. The van der Waals surface area contributed by atoms with E-state index in [-0.39, 0.29) is 6.10 Å². The molecule has 1 aromatic carbocycles. The maximum Gasteiger partial charge on any atom is 0.272 e. The number of carbonyl (C=O) groups is 1. The number of carbonyl (C=O) groups excluding carboxylic acids is 1. The van der Waals surface area contributed by atoms with Gasteiger partial charge in [0.1, 0.15) is 22.8 Å². The summed E-state index contributed by atoms with van der Waals surface area (Å²) in [6.45, 7) is 0.731. The Morgan fingerprint density at radius 1 is 1.52 bits per heavy atom. The van der Waals surface area contributed by atoms with Crippen LogP contribution in [-0.4, -0.2) is 17.5 Å². The highest BCUT2D eigenvalue weighted by Gasteiger charge is 2.24. The molecule has 0 radical (unpaired) electrons. The molecule has 1 aliphatic rings. The summed E-state index contributed by atoms with van der Waals surface area (Å²) < 4.78 is 5.57. The molecule has 0 saturated carbocycles. The van der Waals surface area contributed by atoms with Gasteiger partial charge in [0.25, 0.3) is 5.91 Å². The van der Waals surface area contributed by atoms with E-state index in [0.717, 1.165) is 24.5 Å². The quantitative estimate of drug-likeness (QED) is 0.916. The maximum atomic E-state index is 12.3. The molecule has 1 amide bonds. The van der Waals surface area contributed by atoms with Crippen LogP contribution in [0.15, 0.2) is 29.6 Å². The van der Waals surface area contributed by atoms with Crippen molar-refractivity contribution in [2.24, 2.45) is 0 Å². The van der Waals surface area contributed by atoms with Crippen molar-refractivity contribution in [2.75, 3.05) is 6.61 Å². The zero-order valence-electron chi connectivity index (χ0n) is 12.2. The summed E-state index contributed by atoms with van der Waals surface area (Å²) in [4.78, 5) is 16.7. The number of halogens is 1. The molecule has 2 aromatic rings. The third kappa shape index (κ3) is 3.53. The monoisotopic (exact) mass is 347 g/mol. The van der Waals surface area contributed by atoms with Crippen molar-refractivity contribution < 1.29 is 9.53 Å². The zero-order chi connectivity index (χ0) is 16.2. The van der Waals surface area contributed by atoms with E-state index in [4.69, 9.17) is 16.3 Å². The van der Waals surface area contributed by atoms with Gasteiger partial charge in [-0.15, -0.1) is 11.3 Å². The summed E-state index contributed by atoms with van der Waals surface area (Å²) in [5.41, 5.74) is 0.868. The number of hydrogen-bond acceptors (Lipinski definition) is 5. The first-order valence-corrected chi connectivity index (χ1v) is 8.46. The van der Waals surface area contributed by atoms with Crippen molar-refractivity contribution in [3.05, 3.63) is 50.9 Å². The second-order valence-corrected chi connectivity index (χ2v) is 6.43. The Kier molecular flexibility index (Phi) is 4.91. The van der Waals surface area contributed by atoms with Gasteiger partial charge in [-0.05, 0) is 18.9 Å². The first-order chi connectivity index (χ1) is 11.2. The Morgan fingerprint density at radius 2 is 2.35 bits per heavy atom. The van der Waals surface area contributed by atoms with E-state index in [2.05, 4.69) is 16.4 Å². The Labute approximate surface area is 142 Å². The molecule has 0 spiro atoms. The first-order valence-electron chi connectivity index (χ1n) is 7.21. The Hall–Kier alpha value is -1.94. The van der Waals surface area contributed by atoms with Crippen LogP contribution in [0.25, 0.3) is 0 Å². The maximum absolute atomic E-state index is 12.3. The molecule has 1 saturated heterocycles. The number of rotatable bonds is 4. The molecule has 5 nitrogen and oxygen atoms in total. The van der Waals surface area contributed by atoms with E-state index in [1.54, 1.807) is 29.6 Å². The fourth-order valence-corrected chi connectivity index (χ4v) is 3.53. The third-order valence-corrected chi connectivity index (χ3v) is 4.86. The molecule has 0 bridgehead atoms. The van der Waals surface area contributed by atoms with Crippen molar-refractivity contribution in [3.63, 3.8) is 0 Å². The lowest BCUT2D eigenvalue weighted by atomic mass is 10.1. The van der Waals surface area contributed by atoms with Crippen LogP contribution in [-0.2, 0) is 4.74 Å². The number of thiazole rings is 1. The summed E-state index contributed by atoms with van der Waals surface area (Å²) >= 11 is 7.49. The highest BCUT2D eigenvalue weighted by Crippen LogP contribution is 2.30. The number of benzene rings is 1. The minimum Gasteiger partial charge on any atom is -0.371 e. The minimum atomic E-state index is -0.816. The Balaban J connectivity index is 1.73. The molecule has 0 unspecified atom stereocenters. The van der Waals surface area contributed by atoms with Crippen LogP contribution in [0.2, 0.25) is 5.02 Å². The van der Waals surface area contributed by atoms with E-state index in [1.807, 2.05) is 0 Å². The van der Waals surface area contributed by atoms with E-state index < -0.39 is 11.9 Å². The topological polar surface area (TPSA) is 75.0 Å². The van der Waals surface area contributed by atoms with Crippen LogP contribution < -0.4 is 5.32 Å². The van der Waals surface area contributed by atoms with Crippen LogP contribution in [0.5, 0.6) is 0 Å². The lowest BCUT2D eigenvalue weighted by molar-refractivity contribution is 0.0937. The van der Waals surface area contributed by atoms with Crippen LogP contribution in [0.1, 0.15) is 46.0 Å². The van der Waals surface area contributed by atoms with Crippen molar-refractivity contribution in [1.82, 2.24) is 10.3 Å². The molecular formula is C16H14ClN3O2S. The van der Waals surface area contributed by atoms with Gasteiger partial charge in [0.2, 0.25) is 0 Å². The van der Waals surface area contributed by atoms with Gasteiger partial charge in [0.15, 0.2) is 0 Å². The number of nitrogens with one attached hydrogen (secondary N) is 1. The summed E-state index contributed by atoms with van der Waals surface area (Å²) in [6, 6.07) is 8.19. The van der Waals surface area contributed by atoms with E-state index in [1.165, 1.54) is 11.3 Å². The van der Waals surface area contributed by atoms with Crippen LogP contribution in [0.3, 0.4) is 0 Å². The van der Waals surface area contributed by atoms with Crippen LogP contribution in [0, 0.1) is 11.3 Å². The summed E-state index contributed by atoms with van der Waals surface area (Å²) in [6.07, 6.45) is 1.92. The van der Waals surface area contributed by atoms with E-state index in [9.17, 15) is 10.1 Å². The molecule has 1 fully saturated rings. The molecule has 0 aliphatic carbocycles. The van der Waals surface area contributed by atoms with Crippen molar-refractivity contribution in [1.29, 1.82) is 5.26 Å². The number of ether oxygens (including phenoxy) is 1. The highest BCUT2D eigenvalue weighted by molar-refractivity contribution is 7.09. The third-order valence-electron chi connectivity index (χ3n) is 3.58. The minimum absolute atomic E-state index is 0.0168. The molecule has 118 valence electrons. The molecular weight excluding hydrogens is 334 g/mol. The number of nitriles is 1. The molecule has 1 aliphatic heterocycles. The second-order valence-electron chi connectivity index (χ2n) is 5.13. The van der Waals surface area contributed by atoms with Crippen molar-refractivity contribution in [3.8, 4) is 6.07 Å². The lowest BCUT2D eigenvalue weighted by Crippen LogP contribution is -2.28. The van der Waals surface area contributed by atoms with Gasteiger partial charge in [0.05, 0.1) is 6.07 Å². The Bertz CT molecular complexity index is 750. The van der Waals surface area contributed by atoms with Gasteiger partial charge in [-0.25, -0.2) is 4.98 Å². The fourth-order valence-electron chi connectivity index (χ4n) is 2.41. The summed E-state index contributed by atoms with van der Waals surface area (Å²) in [5.74, 6) is -0.392. The number of amides is 1. The molecule has 2 heterocycles. The summed E-state index contributed by atoms with van der Waals surface area (Å²) in [7, 11) is 0. The van der Waals surface area contributed by atoms with Crippen LogP contribution in [0.4, 0.5) is 0 Å². The normalized spacial score (nSPS) is 18.3. The predicted molar refractivity (Wildman–Crippen MR) is 87.3 cm³/mol. The molecule has 1 aromatic heterocycles. The largest absolute Gasteiger partial charge is 0.371 e. The standard InChI is InChI=1S/C16H14ClN3O2S/c17-11-5-2-1-4-10(11)12(8-18)19-15(21)13-9-23-16(20-13)14-6-3-7-22-14/h1-2,4-5,9,12,14H,3,6-7H2,(H,19,21)/t12-,14-/m0/s1. The van der Waals surface area contributed by atoms with Crippen molar-refractivity contribution >= 4 is 28.8 Å². The SMILES string of the molecule is N#C[C@H](NC(=O)c1csc([C@@H]2CCCO2)n1)c1ccccc1Cl. The average molecular weight is 348 g/mol. The summed E-state index contributed by atoms with van der Waals surface area (Å²) in [5, 5.41) is 14.9. The van der Waals surface area contributed by atoms with Gasteiger partial charge in [0, 0.05) is 22.6 Å². The fraction of sp³-hybridized carbons (Fsp3) is 0.312. The molecule has 3 rings (SSSR count). The molecule has 2 atom stereocenters. The van der Waals surface area contributed by atoms with Gasteiger partial charge in [-0.2, -0.15) is 5.26 Å².